The molecule has 0 saturated carbocycles. The van der Waals surface area contributed by atoms with E-state index in [0.29, 0.717) is 0 Å². The molecule has 0 atom stereocenters. The highest BCUT2D eigenvalue weighted by molar-refractivity contribution is 5.99. The van der Waals surface area contributed by atoms with Gasteiger partial charge in [0, 0.05) is 22.3 Å². The van der Waals surface area contributed by atoms with Gasteiger partial charge < -0.3 is 10.3 Å². The van der Waals surface area contributed by atoms with Crippen molar-refractivity contribution >= 4 is 22.7 Å². The summed E-state index contributed by atoms with van der Waals surface area (Å²) in [5.41, 5.74) is 12.1. The average Bonchev–Trinajstić information content (AvgIpc) is 2.84. The molecule has 0 amide bonds. The molecule has 98 valence electrons. The topological polar surface area (TPSA) is 30.9 Å². The van der Waals surface area contributed by atoms with Gasteiger partial charge in [-0.3, -0.25) is 0 Å². The zero-order valence-corrected chi connectivity index (χ0v) is 11.2. The van der Waals surface area contributed by atoms with Crippen molar-refractivity contribution in [3.63, 3.8) is 0 Å². The van der Waals surface area contributed by atoms with Crippen LogP contribution in [-0.4, -0.2) is 4.57 Å². The number of anilines is 1. The predicted molar refractivity (Wildman–Crippen MR) is 85.0 cm³/mol. The van der Waals surface area contributed by atoms with Crippen molar-refractivity contribution in [1.29, 1.82) is 0 Å². The first-order valence-electron chi connectivity index (χ1n) is 7.00. The highest BCUT2D eigenvalue weighted by Crippen LogP contribution is 2.36. The Kier molecular flexibility index (Phi) is 2.43. The molecule has 1 aromatic heterocycles. The van der Waals surface area contributed by atoms with Crippen molar-refractivity contribution in [3.8, 4) is 5.69 Å². The summed E-state index contributed by atoms with van der Waals surface area (Å²) in [5.74, 6) is 0. The van der Waals surface area contributed by atoms with Crippen LogP contribution in [0.2, 0.25) is 0 Å². The summed E-state index contributed by atoms with van der Waals surface area (Å²) in [5, 5.41) is 1.25. The van der Waals surface area contributed by atoms with E-state index < -0.39 is 0 Å². The molecule has 2 N–H and O–H groups in total. The fourth-order valence-corrected chi connectivity index (χ4v) is 3.15. The molecule has 0 spiro atoms. The van der Waals surface area contributed by atoms with Crippen LogP contribution in [0, 0.1) is 0 Å². The average molecular weight is 260 g/mol. The number of fused-ring (bicyclic) bond motifs is 3. The van der Waals surface area contributed by atoms with Crippen molar-refractivity contribution in [3.05, 3.63) is 65.9 Å². The van der Waals surface area contributed by atoms with Crippen LogP contribution in [0.5, 0.6) is 0 Å². The van der Waals surface area contributed by atoms with Gasteiger partial charge in [0.15, 0.2) is 0 Å². The molecule has 2 aromatic carbocycles. The quantitative estimate of drug-likeness (QED) is 0.654. The van der Waals surface area contributed by atoms with Crippen molar-refractivity contribution in [2.75, 3.05) is 5.73 Å². The summed E-state index contributed by atoms with van der Waals surface area (Å²) >= 11 is 0. The minimum absolute atomic E-state index is 0.842. The lowest BCUT2D eigenvalue weighted by molar-refractivity contribution is 0.889. The maximum absolute atomic E-state index is 6.26. The van der Waals surface area contributed by atoms with Crippen molar-refractivity contribution < 1.29 is 0 Å². The summed E-state index contributed by atoms with van der Waals surface area (Å²) in [4.78, 5) is 0. The second kappa shape index (κ2) is 4.27. The zero-order valence-electron chi connectivity index (χ0n) is 11.2. The standard InChI is InChI=1S/C18H16N2/c19-16-11-6-10-15-14-9-4-5-12-17(14)20(18(15)16)13-7-2-1-3-8-13/h1-4,6-11H,5,12,19H2. The second-order valence-corrected chi connectivity index (χ2v) is 5.22. The van der Waals surface area contributed by atoms with Crippen LogP contribution >= 0.6 is 0 Å². The molecule has 0 radical (unpaired) electrons. The molecule has 2 heteroatoms. The summed E-state index contributed by atoms with van der Waals surface area (Å²) < 4.78 is 2.32. The lowest BCUT2D eigenvalue weighted by Crippen LogP contribution is -2.03. The minimum Gasteiger partial charge on any atom is -0.397 e. The summed E-state index contributed by atoms with van der Waals surface area (Å²) in [6.45, 7) is 0. The predicted octanol–water partition coefficient (Wildman–Crippen LogP) is 4.17. The molecule has 0 fully saturated rings. The monoisotopic (exact) mass is 260 g/mol. The normalized spacial score (nSPS) is 13.6. The molecular formula is C18H16N2. The number of nitrogens with zero attached hydrogens (tertiary/aromatic N) is 1. The Labute approximate surface area is 118 Å². The maximum atomic E-state index is 6.26. The number of hydrogen-bond acceptors (Lipinski definition) is 1. The molecule has 2 nitrogen and oxygen atoms in total. The third kappa shape index (κ3) is 1.51. The van der Waals surface area contributed by atoms with E-state index in [1.165, 1.54) is 22.3 Å². The van der Waals surface area contributed by atoms with Gasteiger partial charge in [0.05, 0.1) is 11.2 Å². The van der Waals surface area contributed by atoms with Crippen LogP contribution in [-0.2, 0) is 6.42 Å². The van der Waals surface area contributed by atoms with E-state index in [4.69, 9.17) is 5.73 Å². The third-order valence-corrected chi connectivity index (χ3v) is 4.01. The van der Waals surface area contributed by atoms with Gasteiger partial charge in [0.1, 0.15) is 0 Å². The van der Waals surface area contributed by atoms with Crippen LogP contribution in [0.3, 0.4) is 0 Å². The maximum Gasteiger partial charge on any atom is 0.0768 e. The number of nitrogens with two attached hydrogens (primary N) is 1. The molecule has 0 saturated heterocycles. The molecule has 3 aromatic rings. The van der Waals surface area contributed by atoms with E-state index in [0.717, 1.165) is 24.0 Å². The number of aromatic nitrogens is 1. The third-order valence-electron chi connectivity index (χ3n) is 4.01. The molecule has 0 bridgehead atoms. The Bertz CT molecular complexity index is 810. The lowest BCUT2D eigenvalue weighted by atomic mass is 10.0. The van der Waals surface area contributed by atoms with E-state index in [2.05, 4.69) is 47.1 Å². The lowest BCUT2D eigenvalue weighted by Gasteiger charge is -2.13. The van der Waals surface area contributed by atoms with Gasteiger partial charge in [-0.05, 0) is 31.0 Å². The van der Waals surface area contributed by atoms with Crippen molar-refractivity contribution in [2.45, 2.75) is 12.8 Å². The van der Waals surface area contributed by atoms with Crippen LogP contribution in [0.4, 0.5) is 5.69 Å². The van der Waals surface area contributed by atoms with Gasteiger partial charge in [0.25, 0.3) is 0 Å². The first-order chi connectivity index (χ1) is 9.86. The molecule has 1 aliphatic rings. The summed E-state index contributed by atoms with van der Waals surface area (Å²) in [6.07, 6.45) is 6.64. The zero-order chi connectivity index (χ0) is 13.5. The summed E-state index contributed by atoms with van der Waals surface area (Å²) in [6, 6.07) is 16.7. The Balaban J connectivity index is 2.17. The number of nitrogen functional groups attached to an aromatic ring is 1. The number of rotatable bonds is 1. The molecule has 0 unspecified atom stereocenters. The largest absolute Gasteiger partial charge is 0.397 e. The molecule has 4 rings (SSSR count). The van der Waals surface area contributed by atoms with E-state index in [1.54, 1.807) is 0 Å². The minimum atomic E-state index is 0.842. The number of para-hydroxylation sites is 2. The first kappa shape index (κ1) is 11.4. The van der Waals surface area contributed by atoms with Crippen LogP contribution in [0.25, 0.3) is 22.7 Å². The van der Waals surface area contributed by atoms with Gasteiger partial charge in [0.2, 0.25) is 0 Å². The smallest absolute Gasteiger partial charge is 0.0768 e. The highest BCUT2D eigenvalue weighted by Gasteiger charge is 2.19. The fraction of sp³-hybridized carbons (Fsp3) is 0.111. The first-order valence-corrected chi connectivity index (χ1v) is 7.00. The Hall–Kier alpha value is -2.48. The van der Waals surface area contributed by atoms with E-state index in [1.807, 2.05) is 18.2 Å². The fourth-order valence-electron chi connectivity index (χ4n) is 3.15. The van der Waals surface area contributed by atoms with Crippen LogP contribution in [0.15, 0.2) is 54.6 Å². The Morgan fingerprint density at radius 3 is 2.65 bits per heavy atom. The van der Waals surface area contributed by atoms with Crippen molar-refractivity contribution in [1.82, 2.24) is 4.57 Å². The molecule has 1 heterocycles. The Morgan fingerprint density at radius 1 is 0.950 bits per heavy atom. The number of allylic oxidation sites excluding steroid dienone is 1. The van der Waals surface area contributed by atoms with Gasteiger partial charge in [-0.1, -0.05) is 42.5 Å². The van der Waals surface area contributed by atoms with E-state index in [9.17, 15) is 0 Å². The Morgan fingerprint density at radius 2 is 1.80 bits per heavy atom. The van der Waals surface area contributed by atoms with Gasteiger partial charge in [-0.2, -0.15) is 0 Å². The SMILES string of the molecule is Nc1cccc2c3c(n(-c4ccccc4)c12)CCC=C3. The second-order valence-electron chi connectivity index (χ2n) is 5.22. The molecule has 1 aliphatic carbocycles. The molecule has 20 heavy (non-hydrogen) atoms. The van der Waals surface area contributed by atoms with Crippen molar-refractivity contribution in [2.24, 2.45) is 0 Å². The van der Waals surface area contributed by atoms with Gasteiger partial charge in [-0.15, -0.1) is 0 Å². The van der Waals surface area contributed by atoms with Crippen LogP contribution < -0.4 is 5.73 Å². The van der Waals surface area contributed by atoms with E-state index >= 15 is 0 Å². The van der Waals surface area contributed by atoms with Gasteiger partial charge in [-0.25, -0.2) is 0 Å². The molecular weight excluding hydrogens is 244 g/mol. The van der Waals surface area contributed by atoms with E-state index in [-0.39, 0.29) is 0 Å². The number of benzene rings is 2. The highest BCUT2D eigenvalue weighted by atomic mass is 15.0. The molecule has 0 aliphatic heterocycles. The number of hydrogen-bond donors (Lipinski definition) is 1. The van der Waals surface area contributed by atoms with Gasteiger partial charge >= 0.3 is 0 Å². The summed E-state index contributed by atoms with van der Waals surface area (Å²) in [7, 11) is 0. The van der Waals surface area contributed by atoms with Crippen LogP contribution in [0.1, 0.15) is 17.7 Å².